The minimum atomic E-state index is -0.133. The van der Waals surface area contributed by atoms with E-state index in [-0.39, 0.29) is 18.5 Å². The Morgan fingerprint density at radius 1 is 1.06 bits per heavy atom. The molecule has 0 bridgehead atoms. The fourth-order valence-electron chi connectivity index (χ4n) is 3.99. The van der Waals surface area contributed by atoms with Crippen molar-refractivity contribution in [2.45, 2.75) is 53.8 Å². The molecule has 0 saturated heterocycles. The van der Waals surface area contributed by atoms with Gasteiger partial charge in [-0.2, -0.15) is 10.2 Å². The molecule has 3 aromatic heterocycles. The summed E-state index contributed by atoms with van der Waals surface area (Å²) in [6, 6.07) is 10.3. The van der Waals surface area contributed by atoms with E-state index in [0.717, 1.165) is 40.0 Å². The van der Waals surface area contributed by atoms with Gasteiger partial charge < -0.3 is 5.32 Å². The molecule has 3 heterocycles. The second-order valence-corrected chi connectivity index (χ2v) is 7.98. The number of aromatic nitrogens is 5. The number of fused-ring (bicyclic) bond motifs is 1. The van der Waals surface area contributed by atoms with E-state index in [1.54, 1.807) is 10.9 Å². The summed E-state index contributed by atoms with van der Waals surface area (Å²) in [5, 5.41) is 13.1. The average molecular weight is 417 g/mol. The smallest absolute Gasteiger partial charge is 0.242 e. The molecule has 31 heavy (non-hydrogen) atoms. The summed E-state index contributed by atoms with van der Waals surface area (Å²) in [6.07, 6.45) is 3.77. The monoisotopic (exact) mass is 416 g/mol. The summed E-state index contributed by atoms with van der Waals surface area (Å²) >= 11 is 0. The maximum absolute atomic E-state index is 12.8. The molecule has 1 aromatic carbocycles. The van der Waals surface area contributed by atoms with Gasteiger partial charge in [0.1, 0.15) is 6.54 Å². The van der Waals surface area contributed by atoms with Gasteiger partial charge in [0, 0.05) is 29.9 Å². The number of hydrogen-bond acceptors (Lipinski definition) is 4. The minimum absolute atomic E-state index is 0.108. The molecule has 1 unspecified atom stereocenters. The molecular weight excluding hydrogens is 388 g/mol. The van der Waals surface area contributed by atoms with Crippen LogP contribution in [0.1, 0.15) is 42.4 Å². The molecule has 0 fully saturated rings. The second kappa shape index (κ2) is 8.34. The van der Waals surface area contributed by atoms with E-state index in [0.29, 0.717) is 5.65 Å². The number of nitrogens with zero attached hydrogens (tertiary/aromatic N) is 5. The van der Waals surface area contributed by atoms with Crippen molar-refractivity contribution >= 4 is 16.9 Å². The lowest BCUT2D eigenvalue weighted by atomic mass is 10.0. The maximum atomic E-state index is 12.8. The van der Waals surface area contributed by atoms with Gasteiger partial charge in [-0.05, 0) is 51.8 Å². The highest BCUT2D eigenvalue weighted by atomic mass is 16.2. The largest absolute Gasteiger partial charge is 0.348 e. The highest BCUT2D eigenvalue weighted by molar-refractivity contribution is 5.95. The molecule has 0 aliphatic rings. The van der Waals surface area contributed by atoms with Crippen molar-refractivity contribution < 1.29 is 4.79 Å². The number of amides is 1. The Labute approximate surface area is 182 Å². The van der Waals surface area contributed by atoms with Gasteiger partial charge in [0.15, 0.2) is 5.65 Å². The first-order valence-electron chi connectivity index (χ1n) is 10.6. The average Bonchev–Trinajstić information content (AvgIpc) is 3.28. The normalized spacial score (nSPS) is 12.3. The van der Waals surface area contributed by atoms with Crippen molar-refractivity contribution in [3.8, 4) is 11.1 Å². The number of hydrogen-bond donors (Lipinski definition) is 1. The summed E-state index contributed by atoms with van der Waals surface area (Å²) < 4.78 is 3.57. The molecule has 7 heteroatoms. The van der Waals surface area contributed by atoms with Gasteiger partial charge >= 0.3 is 0 Å². The quantitative estimate of drug-likeness (QED) is 0.513. The van der Waals surface area contributed by atoms with Crippen LogP contribution in [0.3, 0.4) is 0 Å². The van der Waals surface area contributed by atoms with Crippen LogP contribution in [0, 0.1) is 20.8 Å². The fourth-order valence-corrected chi connectivity index (χ4v) is 3.99. The molecular formula is C24H28N6O. The zero-order chi connectivity index (χ0) is 22.1. The highest BCUT2D eigenvalue weighted by Gasteiger charge is 2.18. The van der Waals surface area contributed by atoms with Crippen LogP contribution in [-0.4, -0.2) is 30.5 Å². The first-order chi connectivity index (χ1) is 14.9. The molecule has 1 N–H and O–H groups in total. The van der Waals surface area contributed by atoms with Crippen LogP contribution in [0.15, 0.2) is 42.7 Å². The van der Waals surface area contributed by atoms with Gasteiger partial charge in [0.2, 0.25) is 5.91 Å². The number of carbonyl (C=O) groups excluding carboxylic acids is 1. The second-order valence-electron chi connectivity index (χ2n) is 7.98. The number of rotatable bonds is 6. The third-order valence-electron chi connectivity index (χ3n) is 5.62. The molecule has 1 atom stereocenters. The predicted molar refractivity (Wildman–Crippen MR) is 122 cm³/mol. The van der Waals surface area contributed by atoms with E-state index in [4.69, 9.17) is 0 Å². The molecule has 0 radical (unpaired) electrons. The maximum Gasteiger partial charge on any atom is 0.242 e. The Morgan fingerprint density at radius 2 is 1.81 bits per heavy atom. The van der Waals surface area contributed by atoms with E-state index < -0.39 is 0 Å². The number of nitrogens with one attached hydrogen (secondary N) is 1. The van der Waals surface area contributed by atoms with Crippen molar-refractivity contribution in [2.24, 2.45) is 0 Å². The minimum Gasteiger partial charge on any atom is -0.348 e. The van der Waals surface area contributed by atoms with Crippen LogP contribution in [0.5, 0.6) is 0 Å². The summed E-state index contributed by atoms with van der Waals surface area (Å²) in [4.78, 5) is 17.3. The highest BCUT2D eigenvalue weighted by Crippen LogP contribution is 2.30. The van der Waals surface area contributed by atoms with Crippen molar-refractivity contribution in [2.75, 3.05) is 0 Å². The van der Waals surface area contributed by atoms with Crippen molar-refractivity contribution in [3.63, 3.8) is 0 Å². The molecule has 0 aliphatic heterocycles. The van der Waals surface area contributed by atoms with E-state index >= 15 is 0 Å². The van der Waals surface area contributed by atoms with Crippen LogP contribution in [0.2, 0.25) is 0 Å². The van der Waals surface area contributed by atoms with Crippen LogP contribution in [-0.2, 0) is 17.9 Å². The Balaban J connectivity index is 1.59. The van der Waals surface area contributed by atoms with Crippen LogP contribution in [0.4, 0.5) is 0 Å². The van der Waals surface area contributed by atoms with Crippen LogP contribution < -0.4 is 5.32 Å². The molecule has 0 saturated carbocycles. The van der Waals surface area contributed by atoms with E-state index in [1.165, 1.54) is 5.56 Å². The lowest BCUT2D eigenvalue weighted by Crippen LogP contribution is -2.30. The Bertz CT molecular complexity index is 1240. The summed E-state index contributed by atoms with van der Waals surface area (Å²) in [5.74, 6) is -0.108. The number of pyridine rings is 1. The van der Waals surface area contributed by atoms with E-state index in [2.05, 4.69) is 51.7 Å². The third-order valence-corrected chi connectivity index (χ3v) is 5.62. The molecule has 4 aromatic rings. The number of benzene rings is 1. The van der Waals surface area contributed by atoms with Crippen LogP contribution >= 0.6 is 0 Å². The standard InChI is InChI=1S/C24H28N6O/c1-6-29-13-21(17(4)27-29)16(3)26-22(31)14-30-24-23(18(5)28-30)20(11-12-25-24)19-9-7-15(2)8-10-19/h7-13,16H,6,14H2,1-5H3,(H,26,31). The third kappa shape index (κ3) is 4.08. The first kappa shape index (κ1) is 20.8. The Hall–Kier alpha value is -3.48. The predicted octanol–water partition coefficient (Wildman–Crippen LogP) is 4.12. The number of carbonyl (C=O) groups is 1. The topological polar surface area (TPSA) is 77.6 Å². The fraction of sp³-hybridized carbons (Fsp3) is 0.333. The molecule has 1 amide bonds. The lowest BCUT2D eigenvalue weighted by molar-refractivity contribution is -0.122. The van der Waals surface area contributed by atoms with Crippen LogP contribution in [0.25, 0.3) is 22.2 Å². The van der Waals surface area contributed by atoms with Crippen molar-refractivity contribution in [1.82, 2.24) is 29.9 Å². The summed E-state index contributed by atoms with van der Waals surface area (Å²) in [5.41, 5.74) is 6.93. The molecule has 0 spiro atoms. The zero-order valence-corrected chi connectivity index (χ0v) is 18.7. The first-order valence-corrected chi connectivity index (χ1v) is 10.6. The van der Waals surface area contributed by atoms with Crippen molar-refractivity contribution in [1.29, 1.82) is 0 Å². The summed E-state index contributed by atoms with van der Waals surface area (Å²) in [7, 11) is 0. The molecule has 4 rings (SSSR count). The van der Waals surface area contributed by atoms with Gasteiger partial charge in [0.05, 0.1) is 17.4 Å². The number of aryl methyl sites for hydroxylation is 4. The Kier molecular flexibility index (Phi) is 5.59. The Morgan fingerprint density at radius 3 is 2.48 bits per heavy atom. The van der Waals surface area contributed by atoms with Gasteiger partial charge in [-0.1, -0.05) is 29.8 Å². The van der Waals surface area contributed by atoms with E-state index in [1.807, 2.05) is 44.6 Å². The van der Waals surface area contributed by atoms with Gasteiger partial charge in [-0.25, -0.2) is 9.67 Å². The van der Waals surface area contributed by atoms with Gasteiger partial charge in [-0.15, -0.1) is 0 Å². The molecule has 160 valence electrons. The molecule has 0 aliphatic carbocycles. The molecule has 7 nitrogen and oxygen atoms in total. The van der Waals surface area contributed by atoms with Gasteiger partial charge in [0.25, 0.3) is 0 Å². The lowest BCUT2D eigenvalue weighted by Gasteiger charge is -2.13. The van der Waals surface area contributed by atoms with E-state index in [9.17, 15) is 4.79 Å². The zero-order valence-electron chi connectivity index (χ0n) is 18.7. The summed E-state index contributed by atoms with van der Waals surface area (Å²) in [6.45, 7) is 10.9. The van der Waals surface area contributed by atoms with Crippen molar-refractivity contribution in [3.05, 3.63) is 65.2 Å². The van der Waals surface area contributed by atoms with Gasteiger partial charge in [-0.3, -0.25) is 9.48 Å². The SMILES string of the molecule is CCn1cc(C(C)NC(=O)Cn2nc(C)c3c(-c4ccc(C)cc4)ccnc32)c(C)n1.